The highest BCUT2D eigenvalue weighted by molar-refractivity contribution is 8.00. The molecular weight excluding hydrogens is 292 g/mol. The molecule has 0 bridgehead atoms. The molecule has 120 valence electrons. The molecule has 0 aromatic heterocycles. The smallest absolute Gasteiger partial charge is 0.313 e. The number of carboxylic acid groups (broad SMARTS) is 1. The lowest BCUT2D eigenvalue weighted by Crippen LogP contribution is -2.43. The number of aliphatic carboxylic acids is 1. The Morgan fingerprint density at radius 2 is 1.90 bits per heavy atom. The van der Waals surface area contributed by atoms with Crippen LogP contribution < -0.4 is 5.32 Å². The summed E-state index contributed by atoms with van der Waals surface area (Å²) in [5.41, 5.74) is 0. The molecule has 1 saturated heterocycles. The summed E-state index contributed by atoms with van der Waals surface area (Å²) >= 11 is 1.11. The molecule has 2 N–H and O–H groups in total. The quantitative estimate of drug-likeness (QED) is 0.651. The fourth-order valence-electron chi connectivity index (χ4n) is 2.24. The predicted octanol–water partition coefficient (Wildman–Crippen LogP) is 0.959. The van der Waals surface area contributed by atoms with Gasteiger partial charge in [0.15, 0.2) is 0 Å². The van der Waals surface area contributed by atoms with Crippen LogP contribution in [0.4, 0.5) is 0 Å². The largest absolute Gasteiger partial charge is 0.481 e. The van der Waals surface area contributed by atoms with Crippen molar-refractivity contribution in [1.82, 2.24) is 10.2 Å². The number of hydrogen-bond donors (Lipinski definition) is 2. The number of amides is 2. The zero-order chi connectivity index (χ0) is 15.7. The average Bonchev–Trinajstić information content (AvgIpc) is 2.47. The third-order valence-corrected chi connectivity index (χ3v) is 4.40. The molecule has 7 heteroatoms. The molecule has 0 radical (unpaired) electrons. The van der Waals surface area contributed by atoms with Gasteiger partial charge in [0.1, 0.15) is 0 Å². The number of piperidine rings is 1. The first-order chi connectivity index (χ1) is 10.0. The lowest BCUT2D eigenvalue weighted by atomic mass is 9.96. The second-order valence-electron chi connectivity index (χ2n) is 5.19. The van der Waals surface area contributed by atoms with E-state index < -0.39 is 5.97 Å². The number of rotatable bonds is 8. The molecule has 1 aliphatic heterocycles. The maximum Gasteiger partial charge on any atom is 0.313 e. The Labute approximate surface area is 129 Å². The number of carboxylic acids is 1. The van der Waals surface area contributed by atoms with E-state index in [1.165, 1.54) is 0 Å². The van der Waals surface area contributed by atoms with Gasteiger partial charge in [0.2, 0.25) is 11.8 Å². The van der Waals surface area contributed by atoms with Gasteiger partial charge in [0, 0.05) is 25.6 Å². The summed E-state index contributed by atoms with van der Waals surface area (Å²) in [6, 6.07) is 0. The molecular formula is C14H24N2O4S. The van der Waals surface area contributed by atoms with Gasteiger partial charge < -0.3 is 15.3 Å². The lowest BCUT2D eigenvalue weighted by molar-refractivity contribution is -0.134. The fraction of sp³-hybridized carbons (Fsp3) is 0.786. The zero-order valence-corrected chi connectivity index (χ0v) is 13.3. The minimum Gasteiger partial charge on any atom is -0.481 e. The summed E-state index contributed by atoms with van der Waals surface area (Å²) in [7, 11) is 0. The average molecular weight is 316 g/mol. The number of carbonyl (C=O) groups is 3. The van der Waals surface area contributed by atoms with Crippen molar-refractivity contribution in [2.75, 3.05) is 31.1 Å². The molecule has 2 amide bonds. The van der Waals surface area contributed by atoms with Crippen LogP contribution in [0.15, 0.2) is 0 Å². The standard InChI is InChI=1S/C14H24N2O4S/c1-2-3-6-15-14(20)11-4-7-16(8-5-11)12(17)9-21-10-13(18)19/h11H,2-10H2,1H3,(H,15,20)(H,18,19). The number of carbonyl (C=O) groups excluding carboxylic acids is 2. The predicted molar refractivity (Wildman–Crippen MR) is 82.2 cm³/mol. The van der Waals surface area contributed by atoms with Gasteiger partial charge in [-0.25, -0.2) is 0 Å². The number of nitrogens with zero attached hydrogens (tertiary/aromatic N) is 1. The van der Waals surface area contributed by atoms with Gasteiger partial charge in [-0.3, -0.25) is 14.4 Å². The summed E-state index contributed by atoms with van der Waals surface area (Å²) in [6.45, 7) is 3.97. The molecule has 0 spiro atoms. The number of likely N-dealkylation sites (tertiary alicyclic amines) is 1. The highest BCUT2D eigenvalue weighted by Crippen LogP contribution is 2.18. The van der Waals surface area contributed by atoms with Crippen LogP contribution >= 0.6 is 11.8 Å². The van der Waals surface area contributed by atoms with Gasteiger partial charge in [-0.15, -0.1) is 11.8 Å². The van der Waals surface area contributed by atoms with Crippen LogP contribution in [-0.4, -0.2) is 58.9 Å². The van der Waals surface area contributed by atoms with E-state index in [2.05, 4.69) is 12.2 Å². The first kappa shape index (κ1) is 17.8. The van der Waals surface area contributed by atoms with Crippen molar-refractivity contribution in [2.24, 2.45) is 5.92 Å². The molecule has 0 saturated carbocycles. The molecule has 1 fully saturated rings. The first-order valence-electron chi connectivity index (χ1n) is 7.39. The second-order valence-corrected chi connectivity index (χ2v) is 6.17. The van der Waals surface area contributed by atoms with E-state index in [1.54, 1.807) is 4.90 Å². The maximum absolute atomic E-state index is 11.9. The Bertz CT molecular complexity index is 368. The van der Waals surface area contributed by atoms with E-state index in [0.29, 0.717) is 25.9 Å². The van der Waals surface area contributed by atoms with Crippen LogP contribution in [0.5, 0.6) is 0 Å². The minimum absolute atomic E-state index is 0.00224. The molecule has 0 aromatic carbocycles. The Balaban J connectivity index is 2.23. The van der Waals surface area contributed by atoms with E-state index in [-0.39, 0.29) is 29.2 Å². The third kappa shape index (κ3) is 6.84. The van der Waals surface area contributed by atoms with Crippen molar-refractivity contribution in [1.29, 1.82) is 0 Å². The van der Waals surface area contributed by atoms with Crippen LogP contribution in [0.3, 0.4) is 0 Å². The summed E-state index contributed by atoms with van der Waals surface area (Å²) in [4.78, 5) is 35.9. The van der Waals surface area contributed by atoms with Crippen LogP contribution in [0.2, 0.25) is 0 Å². The lowest BCUT2D eigenvalue weighted by Gasteiger charge is -2.31. The first-order valence-corrected chi connectivity index (χ1v) is 8.55. The van der Waals surface area contributed by atoms with E-state index in [1.807, 2.05) is 0 Å². The summed E-state index contributed by atoms with van der Waals surface area (Å²) in [5, 5.41) is 11.5. The topological polar surface area (TPSA) is 86.7 Å². The Hall–Kier alpha value is -1.24. The van der Waals surface area contributed by atoms with Crippen molar-refractivity contribution < 1.29 is 19.5 Å². The number of hydrogen-bond acceptors (Lipinski definition) is 4. The second kappa shape index (κ2) is 9.65. The summed E-state index contributed by atoms with van der Waals surface area (Å²) in [6.07, 6.45) is 3.42. The molecule has 1 aliphatic rings. The van der Waals surface area contributed by atoms with Gasteiger partial charge in [0.25, 0.3) is 0 Å². The van der Waals surface area contributed by atoms with Crippen molar-refractivity contribution in [3.05, 3.63) is 0 Å². The van der Waals surface area contributed by atoms with Gasteiger partial charge in [-0.2, -0.15) is 0 Å². The summed E-state index contributed by atoms with van der Waals surface area (Å²) in [5.74, 6) is -0.712. The van der Waals surface area contributed by atoms with Crippen molar-refractivity contribution in [2.45, 2.75) is 32.6 Å². The van der Waals surface area contributed by atoms with Crippen LogP contribution in [-0.2, 0) is 14.4 Å². The van der Waals surface area contributed by atoms with E-state index >= 15 is 0 Å². The number of nitrogens with one attached hydrogen (secondary N) is 1. The fourth-order valence-corrected chi connectivity index (χ4v) is 2.87. The van der Waals surface area contributed by atoms with E-state index in [4.69, 9.17) is 5.11 Å². The van der Waals surface area contributed by atoms with E-state index in [0.717, 1.165) is 31.1 Å². The van der Waals surface area contributed by atoms with E-state index in [9.17, 15) is 14.4 Å². The molecule has 6 nitrogen and oxygen atoms in total. The molecule has 0 atom stereocenters. The normalized spacial score (nSPS) is 15.8. The Morgan fingerprint density at radius 1 is 1.24 bits per heavy atom. The molecule has 0 aromatic rings. The Morgan fingerprint density at radius 3 is 2.48 bits per heavy atom. The van der Waals surface area contributed by atoms with Crippen molar-refractivity contribution in [3.8, 4) is 0 Å². The maximum atomic E-state index is 11.9. The third-order valence-electron chi connectivity index (χ3n) is 3.50. The van der Waals surface area contributed by atoms with Gasteiger partial charge in [-0.1, -0.05) is 13.3 Å². The summed E-state index contributed by atoms with van der Waals surface area (Å²) < 4.78 is 0. The van der Waals surface area contributed by atoms with Gasteiger partial charge >= 0.3 is 5.97 Å². The SMILES string of the molecule is CCCCNC(=O)C1CCN(C(=O)CSCC(=O)O)CC1. The van der Waals surface area contributed by atoms with Crippen LogP contribution in [0.25, 0.3) is 0 Å². The van der Waals surface area contributed by atoms with Gasteiger partial charge in [0.05, 0.1) is 11.5 Å². The molecule has 1 heterocycles. The van der Waals surface area contributed by atoms with Crippen molar-refractivity contribution >= 4 is 29.5 Å². The van der Waals surface area contributed by atoms with Crippen LogP contribution in [0.1, 0.15) is 32.6 Å². The number of thioether (sulfide) groups is 1. The van der Waals surface area contributed by atoms with Crippen LogP contribution in [0, 0.1) is 5.92 Å². The molecule has 0 unspecified atom stereocenters. The highest BCUT2D eigenvalue weighted by atomic mass is 32.2. The molecule has 0 aliphatic carbocycles. The van der Waals surface area contributed by atoms with Gasteiger partial charge in [-0.05, 0) is 19.3 Å². The molecule has 1 rings (SSSR count). The minimum atomic E-state index is -0.907. The molecule has 21 heavy (non-hydrogen) atoms. The monoisotopic (exact) mass is 316 g/mol. The zero-order valence-electron chi connectivity index (χ0n) is 12.5. The van der Waals surface area contributed by atoms with Crippen molar-refractivity contribution in [3.63, 3.8) is 0 Å². The Kier molecular flexibility index (Phi) is 8.19. The highest BCUT2D eigenvalue weighted by Gasteiger charge is 2.26. The number of unbranched alkanes of at least 4 members (excludes halogenated alkanes) is 1.